The molecule has 108 valence electrons. The number of rotatable bonds is 4. The molecule has 1 fully saturated rings. The highest BCUT2D eigenvalue weighted by atomic mass is 16.5. The molecule has 5 heteroatoms. The SMILES string of the molecule is COC(=O)c1ccc(CN2CCCC(C(N)=O)C2)cc1. The third-order valence-electron chi connectivity index (χ3n) is 3.69. The quantitative estimate of drug-likeness (QED) is 0.838. The molecule has 1 amide bonds. The van der Waals surface area contributed by atoms with E-state index < -0.39 is 0 Å². The molecule has 1 saturated heterocycles. The van der Waals surface area contributed by atoms with Gasteiger partial charge in [-0.1, -0.05) is 12.1 Å². The molecule has 1 aliphatic heterocycles. The van der Waals surface area contributed by atoms with Crippen molar-refractivity contribution in [2.75, 3.05) is 20.2 Å². The minimum Gasteiger partial charge on any atom is -0.465 e. The highest BCUT2D eigenvalue weighted by Crippen LogP contribution is 2.18. The van der Waals surface area contributed by atoms with Crippen LogP contribution in [0.4, 0.5) is 0 Å². The summed E-state index contributed by atoms with van der Waals surface area (Å²) in [7, 11) is 1.37. The Morgan fingerprint density at radius 3 is 2.65 bits per heavy atom. The Morgan fingerprint density at radius 2 is 2.05 bits per heavy atom. The molecule has 1 aromatic rings. The van der Waals surface area contributed by atoms with E-state index in [1.54, 1.807) is 12.1 Å². The molecule has 2 N–H and O–H groups in total. The van der Waals surface area contributed by atoms with Crippen LogP contribution in [0.1, 0.15) is 28.8 Å². The van der Waals surface area contributed by atoms with Crippen LogP contribution < -0.4 is 5.73 Å². The summed E-state index contributed by atoms with van der Waals surface area (Å²) in [5.41, 5.74) is 7.03. The van der Waals surface area contributed by atoms with Gasteiger partial charge in [0.15, 0.2) is 0 Å². The third-order valence-corrected chi connectivity index (χ3v) is 3.69. The van der Waals surface area contributed by atoms with Gasteiger partial charge in [-0.25, -0.2) is 4.79 Å². The third kappa shape index (κ3) is 3.57. The normalized spacial score (nSPS) is 19.6. The number of ether oxygens (including phenoxy) is 1. The van der Waals surface area contributed by atoms with Crippen molar-refractivity contribution in [2.45, 2.75) is 19.4 Å². The Balaban J connectivity index is 1.96. The molecule has 2 rings (SSSR count). The number of amides is 1. The molecule has 1 aromatic carbocycles. The number of nitrogens with zero attached hydrogens (tertiary/aromatic N) is 1. The number of carbonyl (C=O) groups is 2. The van der Waals surface area contributed by atoms with Crippen molar-refractivity contribution < 1.29 is 14.3 Å². The zero-order valence-electron chi connectivity index (χ0n) is 11.7. The van der Waals surface area contributed by atoms with Gasteiger partial charge in [0.25, 0.3) is 0 Å². The Hall–Kier alpha value is -1.88. The van der Waals surface area contributed by atoms with Crippen LogP contribution in [0.3, 0.4) is 0 Å². The molecule has 0 aromatic heterocycles. The van der Waals surface area contributed by atoms with E-state index >= 15 is 0 Å². The summed E-state index contributed by atoms with van der Waals surface area (Å²) in [6.07, 6.45) is 1.88. The van der Waals surface area contributed by atoms with Gasteiger partial charge in [0.2, 0.25) is 5.91 Å². The summed E-state index contributed by atoms with van der Waals surface area (Å²) >= 11 is 0. The second-order valence-electron chi connectivity index (χ2n) is 5.17. The van der Waals surface area contributed by atoms with Gasteiger partial charge < -0.3 is 10.5 Å². The van der Waals surface area contributed by atoms with Crippen LogP contribution in [0.5, 0.6) is 0 Å². The van der Waals surface area contributed by atoms with Crippen LogP contribution in [0.15, 0.2) is 24.3 Å². The number of hydrogen-bond donors (Lipinski definition) is 1. The Bertz CT molecular complexity index is 484. The number of benzene rings is 1. The molecule has 1 unspecified atom stereocenters. The van der Waals surface area contributed by atoms with Crippen molar-refractivity contribution in [2.24, 2.45) is 11.7 Å². The fraction of sp³-hybridized carbons (Fsp3) is 0.467. The zero-order valence-corrected chi connectivity index (χ0v) is 11.7. The van der Waals surface area contributed by atoms with Crippen molar-refractivity contribution in [3.8, 4) is 0 Å². The van der Waals surface area contributed by atoms with Gasteiger partial charge >= 0.3 is 5.97 Å². The highest BCUT2D eigenvalue weighted by Gasteiger charge is 2.23. The zero-order chi connectivity index (χ0) is 14.5. The summed E-state index contributed by atoms with van der Waals surface area (Å²) in [5.74, 6) is -0.586. The van der Waals surface area contributed by atoms with Gasteiger partial charge in [-0.3, -0.25) is 9.69 Å². The van der Waals surface area contributed by atoms with Gasteiger partial charge in [0.05, 0.1) is 18.6 Å². The van der Waals surface area contributed by atoms with E-state index in [4.69, 9.17) is 5.73 Å². The highest BCUT2D eigenvalue weighted by molar-refractivity contribution is 5.89. The fourth-order valence-electron chi connectivity index (χ4n) is 2.55. The predicted octanol–water partition coefficient (Wildman–Crippen LogP) is 1.17. The Morgan fingerprint density at radius 1 is 1.35 bits per heavy atom. The molecule has 0 aliphatic carbocycles. The van der Waals surface area contributed by atoms with Crippen LogP contribution in [-0.4, -0.2) is 37.0 Å². The van der Waals surface area contributed by atoms with Gasteiger partial charge in [0, 0.05) is 13.1 Å². The van der Waals surface area contributed by atoms with Gasteiger partial charge in [-0.2, -0.15) is 0 Å². The smallest absolute Gasteiger partial charge is 0.337 e. The van der Waals surface area contributed by atoms with Crippen LogP contribution in [0, 0.1) is 5.92 Å². The number of hydrogen-bond acceptors (Lipinski definition) is 4. The minimum atomic E-state index is -0.330. The van der Waals surface area contributed by atoms with E-state index in [1.807, 2.05) is 12.1 Å². The summed E-state index contributed by atoms with van der Waals surface area (Å²) in [6.45, 7) is 2.46. The van der Waals surface area contributed by atoms with Crippen LogP contribution in [-0.2, 0) is 16.1 Å². The first-order valence-electron chi connectivity index (χ1n) is 6.79. The maximum absolute atomic E-state index is 11.3. The van der Waals surface area contributed by atoms with E-state index in [0.29, 0.717) is 12.1 Å². The first-order chi connectivity index (χ1) is 9.60. The summed E-state index contributed by atoms with van der Waals surface area (Å²) in [4.78, 5) is 24.8. The van der Waals surface area contributed by atoms with Crippen molar-refractivity contribution in [1.82, 2.24) is 4.90 Å². The molecule has 0 saturated carbocycles. The lowest BCUT2D eigenvalue weighted by Crippen LogP contribution is -2.40. The van der Waals surface area contributed by atoms with Crippen molar-refractivity contribution in [3.63, 3.8) is 0 Å². The van der Waals surface area contributed by atoms with E-state index in [0.717, 1.165) is 31.5 Å². The predicted molar refractivity (Wildman–Crippen MR) is 75.0 cm³/mol. The average Bonchev–Trinajstić information content (AvgIpc) is 2.47. The van der Waals surface area contributed by atoms with Gasteiger partial charge in [-0.05, 0) is 37.1 Å². The summed E-state index contributed by atoms with van der Waals surface area (Å²) in [5, 5.41) is 0. The maximum atomic E-state index is 11.3. The number of esters is 1. The van der Waals surface area contributed by atoms with Crippen molar-refractivity contribution >= 4 is 11.9 Å². The molecule has 1 heterocycles. The molecule has 5 nitrogen and oxygen atoms in total. The molecule has 20 heavy (non-hydrogen) atoms. The molecule has 0 radical (unpaired) electrons. The Kier molecular flexibility index (Phi) is 4.74. The summed E-state index contributed by atoms with van der Waals surface area (Å²) in [6, 6.07) is 7.35. The van der Waals surface area contributed by atoms with Crippen LogP contribution >= 0.6 is 0 Å². The number of primary amides is 1. The van der Waals surface area contributed by atoms with Crippen LogP contribution in [0.2, 0.25) is 0 Å². The lowest BCUT2D eigenvalue weighted by molar-refractivity contribution is -0.123. The number of piperidine rings is 1. The second-order valence-corrected chi connectivity index (χ2v) is 5.17. The monoisotopic (exact) mass is 276 g/mol. The number of nitrogens with two attached hydrogens (primary N) is 1. The lowest BCUT2D eigenvalue weighted by Gasteiger charge is -2.31. The Labute approximate surface area is 118 Å². The van der Waals surface area contributed by atoms with Crippen molar-refractivity contribution in [3.05, 3.63) is 35.4 Å². The first-order valence-corrected chi connectivity index (χ1v) is 6.79. The van der Waals surface area contributed by atoms with E-state index in [9.17, 15) is 9.59 Å². The molecule has 0 spiro atoms. The molecule has 1 atom stereocenters. The van der Waals surface area contributed by atoms with E-state index in [2.05, 4.69) is 9.64 Å². The molecular weight excluding hydrogens is 256 g/mol. The average molecular weight is 276 g/mol. The lowest BCUT2D eigenvalue weighted by atomic mass is 9.97. The standard InChI is InChI=1S/C15H20N2O3/c1-20-15(19)12-6-4-11(5-7-12)9-17-8-2-3-13(10-17)14(16)18/h4-7,13H,2-3,8-10H2,1H3,(H2,16,18). The van der Waals surface area contributed by atoms with E-state index in [1.165, 1.54) is 7.11 Å². The molecular formula is C15H20N2O3. The summed E-state index contributed by atoms with van der Waals surface area (Å²) < 4.78 is 4.67. The topological polar surface area (TPSA) is 72.6 Å². The molecule has 1 aliphatic rings. The van der Waals surface area contributed by atoms with Crippen molar-refractivity contribution in [1.29, 1.82) is 0 Å². The first kappa shape index (κ1) is 14.5. The van der Waals surface area contributed by atoms with Crippen LogP contribution in [0.25, 0.3) is 0 Å². The maximum Gasteiger partial charge on any atom is 0.337 e. The number of methoxy groups -OCH3 is 1. The van der Waals surface area contributed by atoms with E-state index in [-0.39, 0.29) is 17.8 Å². The largest absolute Gasteiger partial charge is 0.465 e. The fourth-order valence-corrected chi connectivity index (χ4v) is 2.55. The van der Waals surface area contributed by atoms with Gasteiger partial charge in [0.1, 0.15) is 0 Å². The minimum absolute atomic E-state index is 0.0434. The number of likely N-dealkylation sites (tertiary alicyclic amines) is 1. The van der Waals surface area contributed by atoms with Gasteiger partial charge in [-0.15, -0.1) is 0 Å². The second kappa shape index (κ2) is 6.52. The molecule has 0 bridgehead atoms. The number of carbonyl (C=O) groups excluding carboxylic acids is 2.